The molecule has 2 aromatic heterocycles. The zero-order valence-electron chi connectivity index (χ0n) is 18.7. The summed E-state index contributed by atoms with van der Waals surface area (Å²) >= 11 is 7.99. The Kier molecular flexibility index (Phi) is 5.78. The van der Waals surface area contributed by atoms with Gasteiger partial charge in [0, 0.05) is 42.8 Å². The van der Waals surface area contributed by atoms with E-state index in [0.29, 0.717) is 5.28 Å². The largest absolute Gasteiger partial charge is 0.368 e. The Morgan fingerprint density at radius 2 is 1.66 bits per heavy atom. The van der Waals surface area contributed by atoms with Crippen molar-refractivity contribution < 1.29 is 0 Å². The summed E-state index contributed by atoms with van der Waals surface area (Å²) in [7, 11) is 0. The molecule has 2 aromatic carbocycles. The van der Waals surface area contributed by atoms with E-state index >= 15 is 0 Å². The molecule has 0 saturated carbocycles. The minimum Gasteiger partial charge on any atom is -0.368 e. The molecule has 164 valence electrons. The van der Waals surface area contributed by atoms with Crippen LogP contribution in [0.4, 0.5) is 11.5 Å². The number of piperazine rings is 1. The summed E-state index contributed by atoms with van der Waals surface area (Å²) in [4.78, 5) is 15.0. The third-order valence-electron chi connectivity index (χ3n) is 6.56. The number of nitrogens with zero attached hydrogens (tertiary/aromatic N) is 4. The Balaban J connectivity index is 1.48. The van der Waals surface area contributed by atoms with Crippen molar-refractivity contribution in [1.82, 2.24) is 9.97 Å². The van der Waals surface area contributed by atoms with Crippen molar-refractivity contribution in [1.29, 1.82) is 0 Å². The van der Waals surface area contributed by atoms with Gasteiger partial charge in [-0.25, -0.2) is 4.98 Å². The van der Waals surface area contributed by atoms with Crippen LogP contribution in [0.2, 0.25) is 5.28 Å². The Morgan fingerprint density at radius 3 is 2.38 bits per heavy atom. The van der Waals surface area contributed by atoms with E-state index in [1.54, 1.807) is 11.3 Å². The first-order valence-corrected chi connectivity index (χ1v) is 12.4. The minimum absolute atomic E-state index is 0.319. The lowest BCUT2D eigenvalue weighted by molar-refractivity contribution is 0.647. The van der Waals surface area contributed by atoms with Crippen LogP contribution in [-0.2, 0) is 6.42 Å². The summed E-state index contributed by atoms with van der Waals surface area (Å²) in [5.41, 5.74) is 7.78. The maximum Gasteiger partial charge on any atom is 0.225 e. The third kappa shape index (κ3) is 3.84. The predicted molar refractivity (Wildman–Crippen MR) is 138 cm³/mol. The molecule has 6 heteroatoms. The van der Waals surface area contributed by atoms with Gasteiger partial charge >= 0.3 is 0 Å². The fourth-order valence-electron chi connectivity index (χ4n) is 4.50. The molecule has 0 spiro atoms. The molecule has 0 atom stereocenters. The van der Waals surface area contributed by atoms with Crippen molar-refractivity contribution in [2.45, 2.75) is 27.2 Å². The van der Waals surface area contributed by atoms with Gasteiger partial charge in [0.2, 0.25) is 5.28 Å². The molecule has 0 N–H and O–H groups in total. The van der Waals surface area contributed by atoms with Crippen LogP contribution in [0.1, 0.15) is 23.6 Å². The van der Waals surface area contributed by atoms with E-state index in [1.807, 2.05) is 0 Å². The Bertz CT molecular complexity index is 1260. The highest BCUT2D eigenvalue weighted by Crippen LogP contribution is 2.39. The van der Waals surface area contributed by atoms with Crippen LogP contribution in [0, 0.1) is 13.8 Å². The van der Waals surface area contributed by atoms with Crippen molar-refractivity contribution in [2.75, 3.05) is 36.0 Å². The van der Waals surface area contributed by atoms with Crippen molar-refractivity contribution in [3.05, 3.63) is 69.8 Å². The summed E-state index contributed by atoms with van der Waals surface area (Å²) in [5.74, 6) is 0.955. The van der Waals surface area contributed by atoms with Crippen molar-refractivity contribution >= 4 is 44.7 Å². The van der Waals surface area contributed by atoms with Crippen molar-refractivity contribution in [2.24, 2.45) is 0 Å². The lowest BCUT2D eigenvalue weighted by atomic mass is 10.0. The summed E-state index contributed by atoms with van der Waals surface area (Å²) < 4.78 is 0. The van der Waals surface area contributed by atoms with E-state index in [0.717, 1.165) is 48.6 Å². The van der Waals surface area contributed by atoms with E-state index in [9.17, 15) is 0 Å². The smallest absolute Gasteiger partial charge is 0.225 e. The van der Waals surface area contributed by atoms with Crippen molar-refractivity contribution in [3.63, 3.8) is 0 Å². The molecule has 32 heavy (non-hydrogen) atoms. The van der Waals surface area contributed by atoms with Gasteiger partial charge in [-0.2, -0.15) is 4.98 Å². The first-order valence-electron chi connectivity index (χ1n) is 11.2. The number of thiophene rings is 1. The second-order valence-corrected chi connectivity index (χ2v) is 9.59. The number of aromatic nitrogens is 2. The molecular weight excluding hydrogens is 436 g/mol. The first-order chi connectivity index (χ1) is 15.5. The van der Waals surface area contributed by atoms with Gasteiger partial charge in [-0.3, -0.25) is 0 Å². The number of hydrogen-bond acceptors (Lipinski definition) is 5. The molecule has 0 unspecified atom stereocenters. The topological polar surface area (TPSA) is 32.3 Å². The molecule has 0 amide bonds. The number of halogens is 1. The average Bonchev–Trinajstić information content (AvgIpc) is 3.24. The molecule has 3 heterocycles. The highest BCUT2D eigenvalue weighted by Gasteiger charge is 2.24. The van der Waals surface area contributed by atoms with Crippen LogP contribution in [0.5, 0.6) is 0 Å². The summed E-state index contributed by atoms with van der Waals surface area (Å²) in [6.07, 6.45) is 1.04. The van der Waals surface area contributed by atoms with Gasteiger partial charge < -0.3 is 9.80 Å². The van der Waals surface area contributed by atoms with E-state index in [-0.39, 0.29) is 0 Å². The second-order valence-electron chi connectivity index (χ2n) is 8.39. The van der Waals surface area contributed by atoms with Gasteiger partial charge in [0.05, 0.1) is 5.39 Å². The fourth-order valence-corrected chi connectivity index (χ4v) is 5.65. The van der Waals surface area contributed by atoms with Crippen molar-refractivity contribution in [3.8, 4) is 11.1 Å². The quantitative estimate of drug-likeness (QED) is 0.323. The van der Waals surface area contributed by atoms with E-state index in [2.05, 4.69) is 83.4 Å². The maximum absolute atomic E-state index is 6.35. The maximum atomic E-state index is 6.35. The molecule has 1 aliphatic rings. The second kappa shape index (κ2) is 8.72. The standard InChI is InChI=1S/C26H27ClN4S/c1-4-19-8-10-20(11-9-19)21-16-32-25-23(21)24(28-26(27)29-25)31-14-12-30(13-15-31)22-7-5-6-17(2)18(22)3/h5-11,16H,4,12-15H2,1-3H3. The predicted octanol–water partition coefficient (Wildman–Crippen LogP) is 6.52. The van der Waals surface area contributed by atoms with Crippen LogP contribution < -0.4 is 9.80 Å². The zero-order valence-corrected chi connectivity index (χ0v) is 20.3. The SMILES string of the molecule is CCc1ccc(-c2csc3nc(Cl)nc(N4CCN(c5cccc(C)c5C)CC4)c23)cc1. The van der Waals surface area contributed by atoms with E-state index in [1.165, 1.54) is 33.5 Å². The van der Waals surface area contributed by atoms with Gasteiger partial charge in [0.15, 0.2) is 0 Å². The lowest BCUT2D eigenvalue weighted by Gasteiger charge is -2.38. The first kappa shape index (κ1) is 21.2. The van der Waals surface area contributed by atoms with Crippen LogP contribution in [0.15, 0.2) is 47.8 Å². The van der Waals surface area contributed by atoms with E-state index in [4.69, 9.17) is 16.6 Å². The van der Waals surface area contributed by atoms with E-state index < -0.39 is 0 Å². The van der Waals surface area contributed by atoms with Gasteiger partial charge in [0.25, 0.3) is 0 Å². The number of benzene rings is 2. The molecular formula is C26H27ClN4S. The Morgan fingerprint density at radius 1 is 0.938 bits per heavy atom. The molecule has 4 aromatic rings. The summed E-state index contributed by atoms with van der Waals surface area (Å²) in [5, 5.41) is 3.62. The summed E-state index contributed by atoms with van der Waals surface area (Å²) in [6.45, 7) is 10.3. The number of anilines is 2. The number of fused-ring (bicyclic) bond motifs is 1. The molecule has 5 rings (SSSR count). The molecule has 0 radical (unpaired) electrons. The number of aryl methyl sites for hydroxylation is 2. The normalized spacial score (nSPS) is 14.4. The monoisotopic (exact) mass is 462 g/mol. The third-order valence-corrected chi connectivity index (χ3v) is 7.60. The Hall–Kier alpha value is -2.63. The lowest BCUT2D eigenvalue weighted by Crippen LogP contribution is -2.47. The van der Waals surface area contributed by atoms with Crippen LogP contribution in [-0.4, -0.2) is 36.1 Å². The Labute approximate surface area is 198 Å². The minimum atomic E-state index is 0.319. The highest BCUT2D eigenvalue weighted by molar-refractivity contribution is 7.17. The molecule has 0 bridgehead atoms. The van der Waals surface area contributed by atoms with Gasteiger partial charge in [0.1, 0.15) is 10.6 Å². The fraction of sp³-hybridized carbons (Fsp3) is 0.308. The molecule has 1 aliphatic heterocycles. The van der Waals surface area contributed by atoms with Gasteiger partial charge in [-0.05, 0) is 60.2 Å². The molecule has 0 aliphatic carbocycles. The van der Waals surface area contributed by atoms with Crippen LogP contribution in [0.25, 0.3) is 21.3 Å². The zero-order chi connectivity index (χ0) is 22.2. The summed E-state index contributed by atoms with van der Waals surface area (Å²) in [6, 6.07) is 15.4. The number of rotatable bonds is 4. The van der Waals surface area contributed by atoms with Gasteiger partial charge in [-0.1, -0.05) is 43.3 Å². The van der Waals surface area contributed by atoms with Crippen LogP contribution >= 0.6 is 22.9 Å². The molecule has 1 saturated heterocycles. The molecule has 4 nitrogen and oxygen atoms in total. The van der Waals surface area contributed by atoms with Gasteiger partial charge in [-0.15, -0.1) is 11.3 Å². The molecule has 1 fully saturated rings. The number of hydrogen-bond donors (Lipinski definition) is 0. The van der Waals surface area contributed by atoms with Crippen LogP contribution in [0.3, 0.4) is 0 Å². The highest BCUT2D eigenvalue weighted by atomic mass is 35.5. The average molecular weight is 463 g/mol.